The Bertz CT molecular complexity index is 534. The molecule has 25 heavy (non-hydrogen) atoms. The summed E-state index contributed by atoms with van der Waals surface area (Å²) in [7, 11) is 5.19. The fourth-order valence-electron chi connectivity index (χ4n) is 3.09. The summed E-state index contributed by atoms with van der Waals surface area (Å²) in [5.74, 6) is 2.08. The van der Waals surface area contributed by atoms with Crippen LogP contribution in [0.1, 0.15) is 19.3 Å². The number of halogens is 1. The first-order valence-corrected chi connectivity index (χ1v) is 8.55. The molecule has 1 fully saturated rings. The summed E-state index contributed by atoms with van der Waals surface area (Å²) in [4.78, 5) is 14.6. The quantitative estimate of drug-likeness (QED) is 0.734. The molecule has 1 aromatic carbocycles. The number of rotatable bonds is 8. The molecule has 0 atom stereocenters. The van der Waals surface area contributed by atoms with Crippen LogP contribution in [0.2, 0.25) is 0 Å². The zero-order valence-corrected chi connectivity index (χ0v) is 16.2. The molecule has 2 rings (SSSR count). The zero-order valence-electron chi connectivity index (χ0n) is 15.3. The standard InChI is InChI=1S/C18H29N3O3.ClH/c1-19-9-6-14-7-10-21(11-8-14)13-18(22)20-16-12-15(23-2)4-5-17(16)24-3;/h4-5,12,14,19H,6-11,13H2,1-3H3,(H,20,22);1H. The third kappa shape index (κ3) is 6.72. The summed E-state index contributed by atoms with van der Waals surface area (Å²) in [5, 5.41) is 6.14. The van der Waals surface area contributed by atoms with Crippen molar-refractivity contribution in [1.29, 1.82) is 0 Å². The van der Waals surface area contributed by atoms with Crippen LogP contribution in [0.15, 0.2) is 18.2 Å². The summed E-state index contributed by atoms with van der Waals surface area (Å²) in [6.45, 7) is 3.45. The van der Waals surface area contributed by atoms with E-state index in [1.165, 1.54) is 6.42 Å². The third-order valence-corrected chi connectivity index (χ3v) is 4.56. The van der Waals surface area contributed by atoms with Gasteiger partial charge in [-0.1, -0.05) is 0 Å². The molecule has 1 aliphatic rings. The molecule has 1 amide bonds. The number of amides is 1. The Balaban J connectivity index is 0.00000312. The van der Waals surface area contributed by atoms with Gasteiger partial charge in [-0.2, -0.15) is 0 Å². The van der Waals surface area contributed by atoms with Crippen LogP contribution >= 0.6 is 12.4 Å². The molecule has 1 saturated heterocycles. The van der Waals surface area contributed by atoms with E-state index >= 15 is 0 Å². The molecule has 0 spiro atoms. The Labute approximate surface area is 156 Å². The number of ether oxygens (including phenoxy) is 2. The number of benzene rings is 1. The van der Waals surface area contributed by atoms with Gasteiger partial charge in [0.1, 0.15) is 11.5 Å². The number of hydrogen-bond acceptors (Lipinski definition) is 5. The number of nitrogens with one attached hydrogen (secondary N) is 2. The SMILES string of the molecule is CNCCC1CCN(CC(=O)Nc2cc(OC)ccc2OC)CC1.Cl. The predicted molar refractivity (Wildman–Crippen MR) is 103 cm³/mol. The fourth-order valence-corrected chi connectivity index (χ4v) is 3.09. The van der Waals surface area contributed by atoms with Crippen LogP contribution in [0.3, 0.4) is 0 Å². The maximum absolute atomic E-state index is 12.3. The molecule has 1 aromatic rings. The number of nitrogens with zero attached hydrogens (tertiary/aromatic N) is 1. The van der Waals surface area contributed by atoms with Gasteiger partial charge in [0, 0.05) is 6.07 Å². The highest BCUT2D eigenvalue weighted by molar-refractivity contribution is 5.94. The highest BCUT2D eigenvalue weighted by Crippen LogP contribution is 2.29. The molecular weight excluding hydrogens is 342 g/mol. The lowest BCUT2D eigenvalue weighted by Gasteiger charge is -2.31. The molecule has 1 heterocycles. The minimum Gasteiger partial charge on any atom is -0.497 e. The van der Waals surface area contributed by atoms with Gasteiger partial charge in [0.15, 0.2) is 0 Å². The zero-order chi connectivity index (χ0) is 17.4. The van der Waals surface area contributed by atoms with E-state index < -0.39 is 0 Å². The second kappa shape index (κ2) is 11.2. The summed E-state index contributed by atoms with van der Waals surface area (Å²) >= 11 is 0. The van der Waals surface area contributed by atoms with Crippen molar-refractivity contribution in [2.75, 3.05) is 52.8 Å². The van der Waals surface area contributed by atoms with E-state index in [-0.39, 0.29) is 18.3 Å². The Hall–Kier alpha value is -1.50. The Morgan fingerprint density at radius 1 is 1.24 bits per heavy atom. The van der Waals surface area contributed by atoms with Crippen LogP contribution < -0.4 is 20.1 Å². The van der Waals surface area contributed by atoms with E-state index in [1.54, 1.807) is 26.4 Å². The number of anilines is 1. The maximum atomic E-state index is 12.3. The molecule has 7 heteroatoms. The number of methoxy groups -OCH3 is 2. The van der Waals surface area contributed by atoms with Gasteiger partial charge >= 0.3 is 0 Å². The van der Waals surface area contributed by atoms with Gasteiger partial charge < -0.3 is 20.1 Å². The summed E-state index contributed by atoms with van der Waals surface area (Å²) in [6.07, 6.45) is 3.55. The number of hydrogen-bond donors (Lipinski definition) is 2. The average Bonchev–Trinajstić information content (AvgIpc) is 2.61. The van der Waals surface area contributed by atoms with Crippen molar-refractivity contribution < 1.29 is 14.3 Å². The summed E-state index contributed by atoms with van der Waals surface area (Å²) < 4.78 is 10.5. The molecule has 0 unspecified atom stereocenters. The largest absolute Gasteiger partial charge is 0.497 e. The average molecular weight is 372 g/mol. The minimum atomic E-state index is -0.0183. The van der Waals surface area contributed by atoms with Crippen LogP contribution in [0, 0.1) is 5.92 Å². The Morgan fingerprint density at radius 2 is 1.96 bits per heavy atom. The number of carbonyl (C=O) groups excluding carboxylic acids is 1. The van der Waals surface area contributed by atoms with Crippen molar-refractivity contribution in [1.82, 2.24) is 10.2 Å². The Kier molecular flexibility index (Phi) is 9.63. The summed E-state index contributed by atoms with van der Waals surface area (Å²) in [5.41, 5.74) is 0.644. The lowest BCUT2D eigenvalue weighted by molar-refractivity contribution is -0.117. The van der Waals surface area contributed by atoms with Gasteiger partial charge in [0.05, 0.1) is 26.5 Å². The van der Waals surface area contributed by atoms with E-state index in [9.17, 15) is 4.79 Å². The maximum Gasteiger partial charge on any atom is 0.238 e. The normalized spacial score (nSPS) is 15.3. The van der Waals surface area contributed by atoms with Gasteiger partial charge in [0.25, 0.3) is 0 Å². The summed E-state index contributed by atoms with van der Waals surface area (Å²) in [6, 6.07) is 5.38. The molecule has 142 valence electrons. The van der Waals surface area contributed by atoms with E-state index in [0.717, 1.165) is 38.4 Å². The van der Waals surface area contributed by atoms with Crippen LogP contribution in [0.5, 0.6) is 11.5 Å². The number of carbonyl (C=O) groups is 1. The first kappa shape index (κ1) is 21.5. The van der Waals surface area contributed by atoms with Crippen molar-refractivity contribution in [3.63, 3.8) is 0 Å². The second-order valence-corrected chi connectivity index (χ2v) is 6.23. The minimum absolute atomic E-state index is 0. The highest BCUT2D eigenvalue weighted by Gasteiger charge is 2.21. The molecular formula is C18H30ClN3O3. The predicted octanol–water partition coefficient (Wildman–Crippen LogP) is 2.39. The van der Waals surface area contributed by atoms with Crippen LogP contribution in [-0.2, 0) is 4.79 Å². The number of piperidine rings is 1. The molecule has 0 radical (unpaired) electrons. The van der Waals surface area contributed by atoms with E-state index in [4.69, 9.17) is 9.47 Å². The lowest BCUT2D eigenvalue weighted by Crippen LogP contribution is -2.39. The topological polar surface area (TPSA) is 62.8 Å². The van der Waals surface area contributed by atoms with Gasteiger partial charge in [-0.3, -0.25) is 9.69 Å². The smallest absolute Gasteiger partial charge is 0.238 e. The second-order valence-electron chi connectivity index (χ2n) is 6.23. The van der Waals surface area contributed by atoms with Crippen molar-refractivity contribution in [2.45, 2.75) is 19.3 Å². The molecule has 1 aliphatic heterocycles. The first-order chi connectivity index (χ1) is 11.7. The van der Waals surface area contributed by atoms with Gasteiger partial charge in [-0.15, -0.1) is 12.4 Å². The Morgan fingerprint density at radius 3 is 2.56 bits per heavy atom. The van der Waals surface area contributed by atoms with E-state index in [1.807, 2.05) is 13.1 Å². The van der Waals surface area contributed by atoms with Gasteiger partial charge in [-0.25, -0.2) is 0 Å². The van der Waals surface area contributed by atoms with Crippen LogP contribution in [0.4, 0.5) is 5.69 Å². The van der Waals surface area contributed by atoms with E-state index in [0.29, 0.717) is 23.7 Å². The molecule has 0 aliphatic carbocycles. The van der Waals surface area contributed by atoms with Gasteiger partial charge in [0.2, 0.25) is 5.91 Å². The highest BCUT2D eigenvalue weighted by atomic mass is 35.5. The van der Waals surface area contributed by atoms with Crippen LogP contribution in [-0.4, -0.2) is 58.3 Å². The van der Waals surface area contributed by atoms with Crippen molar-refractivity contribution in [3.8, 4) is 11.5 Å². The first-order valence-electron chi connectivity index (χ1n) is 8.55. The van der Waals surface area contributed by atoms with Crippen molar-refractivity contribution in [3.05, 3.63) is 18.2 Å². The monoisotopic (exact) mass is 371 g/mol. The van der Waals surface area contributed by atoms with Crippen molar-refractivity contribution in [2.24, 2.45) is 5.92 Å². The molecule has 0 aromatic heterocycles. The van der Waals surface area contributed by atoms with E-state index in [2.05, 4.69) is 15.5 Å². The van der Waals surface area contributed by atoms with Crippen LogP contribution in [0.25, 0.3) is 0 Å². The lowest BCUT2D eigenvalue weighted by atomic mass is 9.93. The molecule has 6 nitrogen and oxygen atoms in total. The molecule has 0 bridgehead atoms. The fraction of sp³-hybridized carbons (Fsp3) is 0.611. The van der Waals surface area contributed by atoms with Crippen molar-refractivity contribution >= 4 is 24.0 Å². The molecule has 0 saturated carbocycles. The molecule has 2 N–H and O–H groups in total. The van der Waals surface area contributed by atoms with Gasteiger partial charge in [-0.05, 0) is 64.0 Å². The number of likely N-dealkylation sites (tertiary alicyclic amines) is 1. The third-order valence-electron chi connectivity index (χ3n) is 4.56.